The number of nitrogens with one attached hydrogen (secondary N) is 2. The Morgan fingerprint density at radius 2 is 1.80 bits per heavy atom. The summed E-state index contributed by atoms with van der Waals surface area (Å²) in [7, 11) is 1.58. The van der Waals surface area contributed by atoms with Crippen molar-refractivity contribution in [2.45, 2.75) is 31.7 Å². The maximum atomic E-state index is 11.5. The van der Waals surface area contributed by atoms with Crippen molar-refractivity contribution in [1.29, 1.82) is 0 Å². The lowest BCUT2D eigenvalue weighted by atomic mass is 10.3. The highest BCUT2D eigenvalue weighted by atomic mass is 16.5. The molecule has 8 nitrogen and oxygen atoms in total. The lowest BCUT2D eigenvalue weighted by molar-refractivity contribution is -0.148. The summed E-state index contributed by atoms with van der Waals surface area (Å²) in [5, 5.41) is 4.70. The minimum absolute atomic E-state index is 0.123. The molecule has 2 N–H and O–H groups in total. The van der Waals surface area contributed by atoms with Crippen LogP contribution in [0, 0.1) is 0 Å². The highest BCUT2D eigenvalue weighted by Gasteiger charge is 2.24. The van der Waals surface area contributed by atoms with Crippen LogP contribution in [-0.4, -0.2) is 44.3 Å². The fraction of sp³-hybridized carbons (Fsp3) is 0.471. The lowest BCUT2D eigenvalue weighted by Gasteiger charge is -2.08. The first kappa shape index (κ1) is 18.6. The third-order valence-electron chi connectivity index (χ3n) is 3.38. The van der Waals surface area contributed by atoms with Crippen LogP contribution in [-0.2, 0) is 14.3 Å². The largest absolute Gasteiger partial charge is 0.497 e. The number of benzene rings is 1. The van der Waals surface area contributed by atoms with Crippen molar-refractivity contribution < 1.29 is 28.6 Å². The Kier molecular flexibility index (Phi) is 7.06. The number of carbonyl (C=O) groups is 3. The van der Waals surface area contributed by atoms with E-state index in [1.165, 1.54) is 0 Å². The quantitative estimate of drug-likeness (QED) is 0.515. The SMILES string of the molecule is COc1ccc(OCCCC(=O)OCC(=O)NC(=O)NC2CC2)cc1. The molecule has 1 aliphatic rings. The van der Waals surface area contributed by atoms with Crippen molar-refractivity contribution in [3.8, 4) is 11.5 Å². The number of esters is 1. The molecular weight excluding hydrogens is 328 g/mol. The second kappa shape index (κ2) is 9.51. The summed E-state index contributed by atoms with van der Waals surface area (Å²) in [5.41, 5.74) is 0. The first-order chi connectivity index (χ1) is 12.1. The van der Waals surface area contributed by atoms with Gasteiger partial charge in [0.25, 0.3) is 5.91 Å². The van der Waals surface area contributed by atoms with Gasteiger partial charge in [0.2, 0.25) is 0 Å². The lowest BCUT2D eigenvalue weighted by Crippen LogP contribution is -2.42. The summed E-state index contributed by atoms with van der Waals surface area (Å²) in [6.07, 6.45) is 2.43. The van der Waals surface area contributed by atoms with Crippen LogP contribution in [0.15, 0.2) is 24.3 Å². The number of rotatable bonds is 9. The molecule has 0 atom stereocenters. The second-order valence-electron chi connectivity index (χ2n) is 5.58. The maximum Gasteiger partial charge on any atom is 0.321 e. The van der Waals surface area contributed by atoms with Crippen LogP contribution in [0.1, 0.15) is 25.7 Å². The second-order valence-corrected chi connectivity index (χ2v) is 5.58. The van der Waals surface area contributed by atoms with Crippen LogP contribution >= 0.6 is 0 Å². The van der Waals surface area contributed by atoms with Gasteiger partial charge in [-0.2, -0.15) is 0 Å². The van der Waals surface area contributed by atoms with E-state index in [4.69, 9.17) is 14.2 Å². The van der Waals surface area contributed by atoms with Gasteiger partial charge in [-0.15, -0.1) is 0 Å². The molecular formula is C17H22N2O6. The minimum atomic E-state index is -0.652. The summed E-state index contributed by atoms with van der Waals surface area (Å²) in [4.78, 5) is 34.3. The van der Waals surface area contributed by atoms with Crippen molar-refractivity contribution in [2.24, 2.45) is 0 Å². The summed E-state index contributed by atoms with van der Waals surface area (Å²) in [6, 6.07) is 6.70. The molecule has 0 aliphatic heterocycles. The van der Waals surface area contributed by atoms with Gasteiger partial charge < -0.3 is 19.5 Å². The molecule has 0 heterocycles. The number of ether oxygens (including phenoxy) is 3. The molecule has 0 bridgehead atoms. The van der Waals surface area contributed by atoms with Crippen molar-refractivity contribution >= 4 is 17.9 Å². The van der Waals surface area contributed by atoms with E-state index >= 15 is 0 Å². The average molecular weight is 350 g/mol. The van der Waals surface area contributed by atoms with Gasteiger partial charge >= 0.3 is 12.0 Å². The van der Waals surface area contributed by atoms with Crippen molar-refractivity contribution in [3.63, 3.8) is 0 Å². The Morgan fingerprint density at radius 1 is 1.12 bits per heavy atom. The molecule has 2 rings (SSSR count). The third kappa shape index (κ3) is 7.56. The van der Waals surface area contributed by atoms with Gasteiger partial charge in [-0.3, -0.25) is 14.9 Å². The van der Waals surface area contributed by atoms with Crippen molar-refractivity contribution in [3.05, 3.63) is 24.3 Å². The third-order valence-corrected chi connectivity index (χ3v) is 3.38. The molecule has 25 heavy (non-hydrogen) atoms. The first-order valence-corrected chi connectivity index (χ1v) is 8.09. The van der Waals surface area contributed by atoms with Crippen LogP contribution in [0.2, 0.25) is 0 Å². The number of hydrogen-bond donors (Lipinski definition) is 2. The molecule has 8 heteroatoms. The molecule has 0 spiro atoms. The Hall–Kier alpha value is -2.77. The van der Waals surface area contributed by atoms with Gasteiger partial charge in [-0.05, 0) is 43.5 Å². The predicted octanol–water partition coefficient (Wildman–Crippen LogP) is 1.39. The van der Waals surface area contributed by atoms with Crippen LogP contribution in [0.5, 0.6) is 11.5 Å². The van der Waals surface area contributed by atoms with Crippen LogP contribution in [0.25, 0.3) is 0 Å². The molecule has 1 fully saturated rings. The molecule has 0 radical (unpaired) electrons. The van der Waals surface area contributed by atoms with E-state index in [9.17, 15) is 14.4 Å². The van der Waals surface area contributed by atoms with E-state index in [-0.39, 0.29) is 12.5 Å². The van der Waals surface area contributed by atoms with E-state index in [1.807, 2.05) is 0 Å². The molecule has 3 amide bonds. The first-order valence-electron chi connectivity index (χ1n) is 8.09. The van der Waals surface area contributed by atoms with Gasteiger partial charge in [0.1, 0.15) is 11.5 Å². The Labute approximate surface area is 145 Å². The van der Waals surface area contributed by atoms with Crippen molar-refractivity contribution in [1.82, 2.24) is 10.6 Å². The monoisotopic (exact) mass is 350 g/mol. The van der Waals surface area contributed by atoms with E-state index in [2.05, 4.69) is 10.6 Å². The Balaban J connectivity index is 1.52. The fourth-order valence-corrected chi connectivity index (χ4v) is 1.91. The number of amides is 3. The summed E-state index contributed by atoms with van der Waals surface area (Å²) < 4.78 is 15.3. The van der Waals surface area contributed by atoms with Gasteiger partial charge in [0.05, 0.1) is 13.7 Å². The number of carbonyl (C=O) groups excluding carboxylic acids is 3. The summed E-state index contributed by atoms with van der Waals surface area (Å²) >= 11 is 0. The number of hydrogen-bond acceptors (Lipinski definition) is 6. The standard InChI is InChI=1S/C17H22N2O6/c1-23-13-6-8-14(9-7-13)24-10-2-3-16(21)25-11-15(20)19-17(22)18-12-4-5-12/h6-9,12H,2-5,10-11H2,1H3,(H2,18,19,20,22). The van der Waals surface area contributed by atoms with Gasteiger partial charge in [-0.1, -0.05) is 0 Å². The van der Waals surface area contributed by atoms with Gasteiger partial charge in [0.15, 0.2) is 6.61 Å². The number of imide groups is 1. The maximum absolute atomic E-state index is 11.5. The van der Waals surface area contributed by atoms with E-state index < -0.39 is 24.5 Å². The molecule has 0 unspecified atom stereocenters. The molecule has 136 valence electrons. The van der Waals surface area contributed by atoms with Gasteiger partial charge in [0, 0.05) is 12.5 Å². The zero-order valence-electron chi connectivity index (χ0n) is 14.1. The van der Waals surface area contributed by atoms with Gasteiger partial charge in [-0.25, -0.2) is 4.79 Å². The fourth-order valence-electron chi connectivity index (χ4n) is 1.91. The van der Waals surface area contributed by atoms with Crippen molar-refractivity contribution in [2.75, 3.05) is 20.3 Å². The summed E-state index contributed by atoms with van der Waals surface area (Å²) in [5.74, 6) is 0.243. The smallest absolute Gasteiger partial charge is 0.321 e. The minimum Gasteiger partial charge on any atom is -0.497 e. The summed E-state index contributed by atoms with van der Waals surface area (Å²) in [6.45, 7) is -0.131. The van der Waals surface area contributed by atoms with Crippen LogP contribution in [0.3, 0.4) is 0 Å². The van der Waals surface area contributed by atoms with E-state index in [1.54, 1.807) is 31.4 Å². The highest BCUT2D eigenvalue weighted by Crippen LogP contribution is 2.18. The Bertz CT molecular complexity index is 598. The normalized spacial score (nSPS) is 12.8. The number of methoxy groups -OCH3 is 1. The topological polar surface area (TPSA) is 103 Å². The molecule has 1 saturated carbocycles. The molecule has 0 saturated heterocycles. The molecule has 1 aromatic carbocycles. The average Bonchev–Trinajstić information content (AvgIpc) is 3.41. The van der Waals surface area contributed by atoms with E-state index in [0.717, 1.165) is 18.6 Å². The zero-order chi connectivity index (χ0) is 18.1. The van der Waals surface area contributed by atoms with Crippen LogP contribution < -0.4 is 20.1 Å². The highest BCUT2D eigenvalue weighted by molar-refractivity contribution is 5.95. The zero-order valence-corrected chi connectivity index (χ0v) is 14.1. The molecule has 0 aromatic heterocycles. The predicted molar refractivity (Wildman–Crippen MR) is 88.4 cm³/mol. The van der Waals surface area contributed by atoms with E-state index in [0.29, 0.717) is 18.8 Å². The number of urea groups is 1. The Morgan fingerprint density at radius 3 is 2.44 bits per heavy atom. The molecule has 1 aromatic rings. The van der Waals surface area contributed by atoms with Crippen LogP contribution in [0.4, 0.5) is 4.79 Å². The molecule has 1 aliphatic carbocycles.